The normalized spacial score (nSPS) is 10.2. The van der Waals surface area contributed by atoms with Crippen LogP contribution in [0.1, 0.15) is 5.56 Å². The molecule has 0 heterocycles. The van der Waals surface area contributed by atoms with Crippen LogP contribution < -0.4 is 10.2 Å². The molecule has 0 bridgehead atoms. The van der Waals surface area contributed by atoms with Crippen LogP contribution >= 0.6 is 15.9 Å². The number of nitrogens with one attached hydrogen (secondary N) is 1. The van der Waals surface area contributed by atoms with Crippen molar-refractivity contribution in [1.82, 2.24) is 5.32 Å². The first kappa shape index (κ1) is 10.5. The lowest BCUT2D eigenvalue weighted by molar-refractivity contribution is 0.817. The number of anilines is 1. The van der Waals surface area contributed by atoms with Gasteiger partial charge in [0.1, 0.15) is 0 Å². The largest absolute Gasteiger partial charge is 0.377 e. The van der Waals surface area contributed by atoms with Crippen LogP contribution in [0.4, 0.5) is 5.69 Å². The SMILES string of the molecule is CNCc1ccc(N(C)C)c(Br)c1. The summed E-state index contributed by atoms with van der Waals surface area (Å²) >= 11 is 3.55. The van der Waals surface area contributed by atoms with Crippen molar-refractivity contribution in [2.45, 2.75) is 6.54 Å². The van der Waals surface area contributed by atoms with E-state index >= 15 is 0 Å². The highest BCUT2D eigenvalue weighted by molar-refractivity contribution is 9.10. The summed E-state index contributed by atoms with van der Waals surface area (Å²) in [5.41, 5.74) is 2.50. The molecule has 1 N–H and O–H groups in total. The maximum atomic E-state index is 3.55. The zero-order chi connectivity index (χ0) is 9.84. The van der Waals surface area contributed by atoms with E-state index in [2.05, 4.69) is 44.3 Å². The van der Waals surface area contributed by atoms with Gasteiger partial charge in [0.25, 0.3) is 0 Å². The quantitative estimate of drug-likeness (QED) is 0.875. The van der Waals surface area contributed by atoms with Gasteiger partial charge in [0, 0.05) is 25.1 Å². The van der Waals surface area contributed by atoms with Gasteiger partial charge in [0.05, 0.1) is 5.69 Å². The second kappa shape index (κ2) is 4.63. The van der Waals surface area contributed by atoms with Crippen LogP contribution in [0.2, 0.25) is 0 Å². The number of hydrogen-bond acceptors (Lipinski definition) is 2. The molecule has 0 unspecified atom stereocenters. The van der Waals surface area contributed by atoms with Crippen LogP contribution in [0.25, 0.3) is 0 Å². The summed E-state index contributed by atoms with van der Waals surface area (Å²) < 4.78 is 1.14. The Bertz CT molecular complexity index is 284. The molecule has 0 saturated carbocycles. The molecule has 3 heteroatoms. The van der Waals surface area contributed by atoms with Crippen LogP contribution in [-0.2, 0) is 6.54 Å². The van der Waals surface area contributed by atoms with E-state index in [4.69, 9.17) is 0 Å². The van der Waals surface area contributed by atoms with Gasteiger partial charge in [-0.15, -0.1) is 0 Å². The molecule has 13 heavy (non-hydrogen) atoms. The minimum atomic E-state index is 0.909. The third kappa shape index (κ3) is 2.71. The molecule has 0 saturated heterocycles. The monoisotopic (exact) mass is 242 g/mol. The topological polar surface area (TPSA) is 15.3 Å². The van der Waals surface area contributed by atoms with Gasteiger partial charge in [-0.25, -0.2) is 0 Å². The van der Waals surface area contributed by atoms with E-state index in [-0.39, 0.29) is 0 Å². The lowest BCUT2D eigenvalue weighted by Gasteiger charge is -2.15. The van der Waals surface area contributed by atoms with Gasteiger partial charge in [-0.3, -0.25) is 0 Å². The molecule has 0 aliphatic carbocycles. The maximum Gasteiger partial charge on any atom is 0.0505 e. The molecule has 72 valence electrons. The molecule has 0 amide bonds. The Balaban J connectivity index is 2.92. The fourth-order valence-corrected chi connectivity index (χ4v) is 2.01. The standard InChI is InChI=1S/C10H15BrN2/c1-12-7-8-4-5-10(13(2)3)9(11)6-8/h4-6,12H,7H2,1-3H3. The number of hydrogen-bond donors (Lipinski definition) is 1. The van der Waals surface area contributed by atoms with Gasteiger partial charge in [-0.1, -0.05) is 6.07 Å². The van der Waals surface area contributed by atoms with E-state index in [1.54, 1.807) is 0 Å². The predicted octanol–water partition coefficient (Wildman–Crippen LogP) is 2.23. The Labute approximate surface area is 88.1 Å². The average molecular weight is 243 g/mol. The van der Waals surface area contributed by atoms with E-state index in [0.717, 1.165) is 11.0 Å². The summed E-state index contributed by atoms with van der Waals surface area (Å²) in [7, 11) is 6.03. The van der Waals surface area contributed by atoms with Gasteiger partial charge in [-0.05, 0) is 40.7 Å². The molecule has 2 nitrogen and oxygen atoms in total. The van der Waals surface area contributed by atoms with Crippen LogP contribution in [-0.4, -0.2) is 21.1 Å². The molecule has 0 spiro atoms. The smallest absolute Gasteiger partial charge is 0.0505 e. The average Bonchev–Trinajstić information content (AvgIpc) is 2.04. The second-order valence-corrected chi connectivity index (χ2v) is 4.06. The Morgan fingerprint density at radius 2 is 2.08 bits per heavy atom. The van der Waals surface area contributed by atoms with Crippen molar-refractivity contribution < 1.29 is 0 Å². The highest BCUT2D eigenvalue weighted by Crippen LogP contribution is 2.25. The highest BCUT2D eigenvalue weighted by atomic mass is 79.9. The van der Waals surface area contributed by atoms with Crippen molar-refractivity contribution in [3.8, 4) is 0 Å². The van der Waals surface area contributed by atoms with Crippen molar-refractivity contribution >= 4 is 21.6 Å². The van der Waals surface area contributed by atoms with Crippen LogP contribution in [0.15, 0.2) is 22.7 Å². The lowest BCUT2D eigenvalue weighted by atomic mass is 10.2. The molecule has 0 aliphatic heterocycles. The van der Waals surface area contributed by atoms with Crippen LogP contribution in [0.3, 0.4) is 0 Å². The number of rotatable bonds is 3. The number of nitrogens with zero attached hydrogens (tertiary/aromatic N) is 1. The zero-order valence-electron chi connectivity index (χ0n) is 8.26. The third-order valence-corrected chi connectivity index (χ3v) is 2.51. The molecular weight excluding hydrogens is 228 g/mol. The summed E-state index contributed by atoms with van der Waals surface area (Å²) in [6.07, 6.45) is 0. The molecule has 1 rings (SSSR count). The Kier molecular flexibility index (Phi) is 3.75. The molecular formula is C10H15BrN2. The minimum Gasteiger partial charge on any atom is -0.377 e. The van der Waals surface area contributed by atoms with Gasteiger partial charge >= 0.3 is 0 Å². The van der Waals surface area contributed by atoms with Crippen molar-refractivity contribution in [3.63, 3.8) is 0 Å². The molecule has 0 fully saturated rings. The van der Waals surface area contributed by atoms with Crippen molar-refractivity contribution in [2.24, 2.45) is 0 Å². The number of halogens is 1. The summed E-state index contributed by atoms with van der Waals surface area (Å²) in [6, 6.07) is 6.40. The molecule has 0 aromatic heterocycles. The first-order valence-corrected chi connectivity index (χ1v) is 5.05. The number of benzene rings is 1. The lowest BCUT2D eigenvalue weighted by Crippen LogP contribution is -2.10. The van der Waals surface area contributed by atoms with Crippen LogP contribution in [0, 0.1) is 0 Å². The summed E-state index contributed by atoms with van der Waals surface area (Å²) in [6.45, 7) is 0.909. The van der Waals surface area contributed by atoms with Crippen molar-refractivity contribution in [2.75, 3.05) is 26.0 Å². The summed E-state index contributed by atoms with van der Waals surface area (Å²) in [5.74, 6) is 0. The molecule has 0 aliphatic rings. The minimum absolute atomic E-state index is 0.909. The van der Waals surface area contributed by atoms with Gasteiger partial charge in [0.2, 0.25) is 0 Å². The fraction of sp³-hybridized carbons (Fsp3) is 0.400. The first-order valence-electron chi connectivity index (χ1n) is 4.25. The van der Waals surface area contributed by atoms with Crippen LogP contribution in [0.5, 0.6) is 0 Å². The maximum absolute atomic E-state index is 3.55. The highest BCUT2D eigenvalue weighted by Gasteiger charge is 2.01. The van der Waals surface area contributed by atoms with Gasteiger partial charge in [-0.2, -0.15) is 0 Å². The Hall–Kier alpha value is -0.540. The summed E-state index contributed by atoms with van der Waals surface area (Å²) in [4.78, 5) is 2.09. The molecule has 0 atom stereocenters. The van der Waals surface area contributed by atoms with E-state index < -0.39 is 0 Å². The fourth-order valence-electron chi connectivity index (χ4n) is 1.23. The Morgan fingerprint density at radius 3 is 2.54 bits per heavy atom. The van der Waals surface area contributed by atoms with E-state index in [1.807, 2.05) is 21.1 Å². The first-order chi connectivity index (χ1) is 6.15. The van der Waals surface area contributed by atoms with E-state index in [1.165, 1.54) is 11.3 Å². The molecule has 0 radical (unpaired) electrons. The second-order valence-electron chi connectivity index (χ2n) is 3.21. The van der Waals surface area contributed by atoms with Crippen molar-refractivity contribution in [1.29, 1.82) is 0 Å². The molecule has 1 aromatic rings. The predicted molar refractivity (Wildman–Crippen MR) is 61.2 cm³/mol. The molecule has 1 aromatic carbocycles. The zero-order valence-corrected chi connectivity index (χ0v) is 9.85. The Morgan fingerprint density at radius 1 is 1.38 bits per heavy atom. The third-order valence-electron chi connectivity index (χ3n) is 1.87. The van der Waals surface area contributed by atoms with Crippen molar-refractivity contribution in [3.05, 3.63) is 28.2 Å². The van der Waals surface area contributed by atoms with E-state index in [9.17, 15) is 0 Å². The van der Waals surface area contributed by atoms with E-state index in [0.29, 0.717) is 0 Å². The van der Waals surface area contributed by atoms with Gasteiger partial charge < -0.3 is 10.2 Å². The van der Waals surface area contributed by atoms with Gasteiger partial charge in [0.15, 0.2) is 0 Å². The summed E-state index contributed by atoms with van der Waals surface area (Å²) in [5, 5.41) is 3.13.